The number of rotatable bonds is 5. The quantitative estimate of drug-likeness (QED) is 0.591. The van der Waals surface area contributed by atoms with Crippen LogP contribution in [0.15, 0.2) is 23.9 Å². The Morgan fingerprint density at radius 3 is 2.61 bits per heavy atom. The van der Waals surface area contributed by atoms with Gasteiger partial charge in [0.2, 0.25) is 5.70 Å². The van der Waals surface area contributed by atoms with Crippen LogP contribution >= 0.6 is 0 Å². The summed E-state index contributed by atoms with van der Waals surface area (Å²) >= 11 is 0. The Morgan fingerprint density at radius 2 is 2.17 bits per heavy atom. The van der Waals surface area contributed by atoms with Crippen LogP contribution in [-0.2, 0) is 0 Å². The van der Waals surface area contributed by atoms with Gasteiger partial charge in [0.25, 0.3) is 0 Å². The van der Waals surface area contributed by atoms with Crippen LogP contribution < -0.4 is 4.74 Å². The van der Waals surface area contributed by atoms with Crippen molar-refractivity contribution < 1.29 is 9.66 Å². The summed E-state index contributed by atoms with van der Waals surface area (Å²) in [4.78, 5) is 10.7. The first kappa shape index (κ1) is 14.2. The van der Waals surface area contributed by atoms with Crippen LogP contribution in [0.1, 0.15) is 31.4 Å². The van der Waals surface area contributed by atoms with E-state index in [4.69, 9.17) is 4.74 Å². The largest absolute Gasteiger partial charge is 0.496 e. The van der Waals surface area contributed by atoms with Crippen LogP contribution in [-0.4, -0.2) is 12.0 Å². The van der Waals surface area contributed by atoms with E-state index in [0.717, 1.165) is 16.9 Å². The molecule has 0 amide bonds. The second-order valence-electron chi connectivity index (χ2n) is 4.72. The molecule has 0 radical (unpaired) electrons. The average Bonchev–Trinajstić information content (AvgIpc) is 2.27. The number of aryl methyl sites for hydroxylation is 1. The number of nitro groups is 1. The number of nitrogens with zero attached hydrogens (tertiary/aromatic N) is 1. The molecule has 0 unspecified atom stereocenters. The van der Waals surface area contributed by atoms with E-state index in [9.17, 15) is 10.1 Å². The molecule has 0 saturated carbocycles. The molecule has 0 fully saturated rings. The van der Waals surface area contributed by atoms with Crippen molar-refractivity contribution in [3.05, 3.63) is 45.1 Å². The van der Waals surface area contributed by atoms with Gasteiger partial charge in [-0.3, -0.25) is 10.1 Å². The summed E-state index contributed by atoms with van der Waals surface area (Å²) < 4.78 is 5.16. The summed E-state index contributed by atoms with van der Waals surface area (Å²) in [5, 5.41) is 11.0. The fourth-order valence-corrected chi connectivity index (χ4v) is 1.79. The minimum absolute atomic E-state index is 0.245. The fourth-order valence-electron chi connectivity index (χ4n) is 1.79. The van der Waals surface area contributed by atoms with Gasteiger partial charge in [-0.05, 0) is 36.1 Å². The van der Waals surface area contributed by atoms with Gasteiger partial charge >= 0.3 is 0 Å². The zero-order valence-electron chi connectivity index (χ0n) is 11.3. The minimum Gasteiger partial charge on any atom is -0.496 e. The Morgan fingerprint density at radius 1 is 1.50 bits per heavy atom. The molecule has 0 bridgehead atoms. The lowest BCUT2D eigenvalue weighted by atomic mass is 10.0. The standard InChI is InChI=1S/C14H19NO3/c1-10(2)7-13(15(16)17)9-12-5-6-14(18-4)11(3)8-12/h5-6,8-10H,7H2,1-4H3. The number of allylic oxidation sites excluding steroid dienone is 1. The summed E-state index contributed by atoms with van der Waals surface area (Å²) in [6.45, 7) is 5.86. The number of hydrogen-bond acceptors (Lipinski definition) is 3. The number of methoxy groups -OCH3 is 1. The first-order valence-corrected chi connectivity index (χ1v) is 5.93. The summed E-state index contributed by atoms with van der Waals surface area (Å²) in [7, 11) is 1.61. The smallest absolute Gasteiger partial charge is 0.247 e. The van der Waals surface area contributed by atoms with Crippen LogP contribution in [0.5, 0.6) is 5.75 Å². The van der Waals surface area contributed by atoms with Gasteiger partial charge in [-0.2, -0.15) is 0 Å². The van der Waals surface area contributed by atoms with E-state index in [1.54, 1.807) is 13.2 Å². The van der Waals surface area contributed by atoms with Crippen molar-refractivity contribution in [3.63, 3.8) is 0 Å². The van der Waals surface area contributed by atoms with Gasteiger partial charge in [0.05, 0.1) is 12.0 Å². The van der Waals surface area contributed by atoms with Crippen molar-refractivity contribution in [1.82, 2.24) is 0 Å². The van der Waals surface area contributed by atoms with Crippen molar-refractivity contribution in [1.29, 1.82) is 0 Å². The lowest BCUT2D eigenvalue weighted by Gasteiger charge is -2.06. The van der Waals surface area contributed by atoms with Crippen LogP contribution in [0.4, 0.5) is 0 Å². The molecule has 0 N–H and O–H groups in total. The number of hydrogen-bond donors (Lipinski definition) is 0. The zero-order valence-corrected chi connectivity index (χ0v) is 11.3. The van der Waals surface area contributed by atoms with Gasteiger partial charge in [0.15, 0.2) is 0 Å². The van der Waals surface area contributed by atoms with Crippen LogP contribution in [0, 0.1) is 23.0 Å². The molecule has 18 heavy (non-hydrogen) atoms. The molecule has 1 rings (SSSR count). The molecule has 0 aliphatic carbocycles. The van der Waals surface area contributed by atoms with Gasteiger partial charge in [0.1, 0.15) is 5.75 Å². The molecule has 98 valence electrons. The van der Waals surface area contributed by atoms with E-state index < -0.39 is 0 Å². The van der Waals surface area contributed by atoms with E-state index in [1.807, 2.05) is 39.0 Å². The van der Waals surface area contributed by atoms with Crippen LogP contribution in [0.3, 0.4) is 0 Å². The third-order valence-electron chi connectivity index (χ3n) is 2.60. The topological polar surface area (TPSA) is 52.4 Å². The van der Waals surface area contributed by atoms with E-state index in [2.05, 4.69) is 0 Å². The van der Waals surface area contributed by atoms with Crippen LogP contribution in [0.25, 0.3) is 6.08 Å². The van der Waals surface area contributed by atoms with Crippen molar-refractivity contribution in [2.75, 3.05) is 7.11 Å². The molecule has 0 spiro atoms. The molecule has 1 aromatic carbocycles. The first-order valence-electron chi connectivity index (χ1n) is 5.93. The molecule has 1 aromatic rings. The van der Waals surface area contributed by atoms with Gasteiger partial charge in [-0.15, -0.1) is 0 Å². The molecule has 0 saturated heterocycles. The second-order valence-corrected chi connectivity index (χ2v) is 4.72. The fraction of sp³-hybridized carbons (Fsp3) is 0.429. The maximum Gasteiger partial charge on any atom is 0.247 e. The lowest BCUT2D eigenvalue weighted by molar-refractivity contribution is -0.427. The normalized spacial score (nSPS) is 11.7. The minimum atomic E-state index is -0.306. The first-order chi connectivity index (χ1) is 8.43. The van der Waals surface area contributed by atoms with Crippen molar-refractivity contribution in [2.24, 2.45) is 5.92 Å². The molecule has 0 aliphatic rings. The average molecular weight is 249 g/mol. The molecular formula is C14H19NO3. The Bertz CT molecular complexity index is 464. The highest BCUT2D eigenvalue weighted by Crippen LogP contribution is 2.21. The third kappa shape index (κ3) is 3.87. The molecule has 0 atom stereocenters. The Labute approximate surface area is 107 Å². The highest BCUT2D eigenvalue weighted by Gasteiger charge is 2.13. The van der Waals surface area contributed by atoms with E-state index in [1.165, 1.54) is 0 Å². The molecule has 0 aliphatic heterocycles. The van der Waals surface area contributed by atoms with E-state index in [-0.39, 0.29) is 16.5 Å². The van der Waals surface area contributed by atoms with Gasteiger partial charge < -0.3 is 4.74 Å². The van der Waals surface area contributed by atoms with Crippen LogP contribution in [0.2, 0.25) is 0 Å². The van der Waals surface area contributed by atoms with E-state index >= 15 is 0 Å². The summed E-state index contributed by atoms with van der Waals surface area (Å²) in [5.74, 6) is 1.06. The third-order valence-corrected chi connectivity index (χ3v) is 2.60. The maximum atomic E-state index is 11.0. The van der Waals surface area contributed by atoms with Gasteiger partial charge in [-0.25, -0.2) is 0 Å². The van der Waals surface area contributed by atoms with Crippen molar-refractivity contribution in [2.45, 2.75) is 27.2 Å². The second kappa shape index (κ2) is 6.19. The van der Waals surface area contributed by atoms with Crippen molar-refractivity contribution >= 4 is 6.08 Å². The maximum absolute atomic E-state index is 11.0. The molecule has 4 heteroatoms. The SMILES string of the molecule is COc1ccc(C=C(CC(C)C)[N+](=O)[O-])cc1C. The van der Waals surface area contributed by atoms with E-state index in [0.29, 0.717) is 6.42 Å². The molecule has 0 aromatic heterocycles. The Kier molecular flexibility index (Phi) is 4.89. The van der Waals surface area contributed by atoms with Crippen molar-refractivity contribution in [3.8, 4) is 5.75 Å². The highest BCUT2D eigenvalue weighted by molar-refractivity contribution is 5.54. The van der Waals surface area contributed by atoms with Gasteiger partial charge in [-0.1, -0.05) is 19.9 Å². The Balaban J connectivity index is 3.04. The predicted molar refractivity (Wildman–Crippen MR) is 72.2 cm³/mol. The zero-order chi connectivity index (χ0) is 13.7. The molecule has 0 heterocycles. The Hall–Kier alpha value is -1.84. The monoisotopic (exact) mass is 249 g/mol. The molecule has 4 nitrogen and oxygen atoms in total. The molecular weight excluding hydrogens is 230 g/mol. The summed E-state index contributed by atoms with van der Waals surface area (Å²) in [6.07, 6.45) is 2.10. The summed E-state index contributed by atoms with van der Waals surface area (Å²) in [5.41, 5.74) is 2.05. The lowest BCUT2D eigenvalue weighted by Crippen LogP contribution is -2.02. The highest BCUT2D eigenvalue weighted by atomic mass is 16.6. The summed E-state index contributed by atoms with van der Waals surface area (Å²) in [6, 6.07) is 5.55. The predicted octanol–water partition coefficient (Wildman–Crippen LogP) is 3.67. The van der Waals surface area contributed by atoms with Gasteiger partial charge in [0, 0.05) is 12.5 Å². The number of benzene rings is 1. The number of ether oxygens (including phenoxy) is 1.